The number of aliphatic hydroxyl groups is 3. The maximum absolute atomic E-state index is 10.4. The van der Waals surface area contributed by atoms with Gasteiger partial charge in [-0.1, -0.05) is 30.3 Å². The third-order valence-electron chi connectivity index (χ3n) is 6.10. The number of aliphatic imine (C=N–C) groups is 3. The first-order chi connectivity index (χ1) is 13.5. The molecule has 7 atom stereocenters. The first-order valence-electron chi connectivity index (χ1n) is 9.44. The summed E-state index contributed by atoms with van der Waals surface area (Å²) in [6, 6.07) is 10.2. The van der Waals surface area contributed by atoms with E-state index in [1.165, 1.54) is 11.9 Å². The van der Waals surface area contributed by atoms with E-state index in [1.807, 2.05) is 18.2 Å². The molecule has 3 heterocycles. The fourth-order valence-corrected chi connectivity index (χ4v) is 4.46. The number of hydrogen-bond donors (Lipinski definition) is 4. The molecule has 0 amide bonds. The third-order valence-corrected chi connectivity index (χ3v) is 6.10. The Balaban J connectivity index is 1.38. The zero-order valence-corrected chi connectivity index (χ0v) is 15.2. The zero-order valence-electron chi connectivity index (χ0n) is 15.2. The largest absolute Gasteiger partial charge is 0.394 e. The van der Waals surface area contributed by atoms with Gasteiger partial charge in [0.1, 0.15) is 37.0 Å². The average molecular weight is 385 g/mol. The van der Waals surface area contributed by atoms with Gasteiger partial charge in [-0.15, -0.1) is 0 Å². The van der Waals surface area contributed by atoms with Crippen molar-refractivity contribution < 1.29 is 20.1 Å². The quantitative estimate of drug-likeness (QED) is 0.527. The fourth-order valence-electron chi connectivity index (χ4n) is 4.46. The Morgan fingerprint density at radius 1 is 1.21 bits per heavy atom. The van der Waals surface area contributed by atoms with Crippen molar-refractivity contribution in [3.05, 3.63) is 35.9 Å². The van der Waals surface area contributed by atoms with Gasteiger partial charge in [-0.05, 0) is 17.9 Å². The fraction of sp³-hybridized carbons (Fsp3) is 0.526. The maximum Gasteiger partial charge on any atom is 0.162 e. The van der Waals surface area contributed by atoms with E-state index in [4.69, 9.17) is 10.5 Å². The SMILES string of the molecule is NC1(C2CC2c2ccccc2)N=CN=C2C1=NCN2[C@@H]1O[C@H](CO)[C@@H](O)[C@H]1O. The van der Waals surface area contributed by atoms with Crippen LogP contribution in [0.4, 0.5) is 0 Å². The van der Waals surface area contributed by atoms with E-state index in [9.17, 15) is 15.3 Å². The lowest BCUT2D eigenvalue weighted by molar-refractivity contribution is -0.0688. The van der Waals surface area contributed by atoms with E-state index in [-0.39, 0.29) is 19.2 Å². The van der Waals surface area contributed by atoms with Gasteiger partial charge in [0, 0.05) is 5.92 Å². The lowest BCUT2D eigenvalue weighted by Crippen LogP contribution is -2.57. The predicted octanol–water partition coefficient (Wildman–Crippen LogP) is -0.961. The Kier molecular flexibility index (Phi) is 4.11. The van der Waals surface area contributed by atoms with Crippen LogP contribution in [0.3, 0.4) is 0 Å². The molecule has 0 bridgehead atoms. The van der Waals surface area contributed by atoms with Crippen LogP contribution < -0.4 is 5.73 Å². The number of nitrogens with two attached hydrogens (primary N) is 1. The van der Waals surface area contributed by atoms with Crippen molar-refractivity contribution in [1.29, 1.82) is 0 Å². The highest BCUT2D eigenvalue weighted by molar-refractivity contribution is 6.47. The molecule has 1 aromatic rings. The van der Waals surface area contributed by atoms with Crippen molar-refractivity contribution in [2.24, 2.45) is 26.6 Å². The maximum atomic E-state index is 10.4. The Hall–Kier alpha value is -2.17. The summed E-state index contributed by atoms with van der Waals surface area (Å²) in [5.74, 6) is 0.931. The molecule has 1 aliphatic carbocycles. The second kappa shape index (κ2) is 6.43. The zero-order chi connectivity index (χ0) is 19.5. The van der Waals surface area contributed by atoms with Crippen LogP contribution in [0.15, 0.2) is 45.3 Å². The van der Waals surface area contributed by atoms with Crippen LogP contribution in [0.1, 0.15) is 17.9 Å². The number of benzene rings is 1. The molecule has 3 unspecified atom stereocenters. The van der Waals surface area contributed by atoms with E-state index in [2.05, 4.69) is 27.1 Å². The molecule has 5 rings (SSSR count). The molecular weight excluding hydrogens is 362 g/mol. The Morgan fingerprint density at radius 2 is 2.00 bits per heavy atom. The van der Waals surface area contributed by atoms with Gasteiger partial charge in [0.05, 0.1) is 6.61 Å². The molecule has 0 aromatic heterocycles. The number of amidine groups is 1. The van der Waals surface area contributed by atoms with Crippen molar-refractivity contribution >= 4 is 17.9 Å². The summed E-state index contributed by atoms with van der Waals surface area (Å²) in [6.07, 6.45) is -1.71. The average Bonchev–Trinajstić information content (AvgIpc) is 3.35. The van der Waals surface area contributed by atoms with E-state index >= 15 is 0 Å². The number of nitrogens with zero attached hydrogens (tertiary/aromatic N) is 4. The van der Waals surface area contributed by atoms with Gasteiger partial charge in [-0.2, -0.15) is 0 Å². The molecule has 9 nitrogen and oxygen atoms in total. The molecule has 0 radical (unpaired) electrons. The number of aliphatic hydroxyl groups excluding tert-OH is 3. The van der Waals surface area contributed by atoms with Gasteiger partial charge < -0.3 is 30.7 Å². The van der Waals surface area contributed by atoms with Crippen molar-refractivity contribution in [3.63, 3.8) is 0 Å². The van der Waals surface area contributed by atoms with Crippen LogP contribution in [-0.2, 0) is 4.74 Å². The van der Waals surface area contributed by atoms with Crippen molar-refractivity contribution in [2.45, 2.75) is 42.5 Å². The smallest absolute Gasteiger partial charge is 0.162 e. The van der Waals surface area contributed by atoms with Crippen LogP contribution in [0, 0.1) is 5.92 Å². The highest BCUT2D eigenvalue weighted by Crippen LogP contribution is 2.54. The van der Waals surface area contributed by atoms with E-state index in [0.29, 0.717) is 17.5 Å². The van der Waals surface area contributed by atoms with Gasteiger partial charge in [0.25, 0.3) is 0 Å². The number of fused-ring (bicyclic) bond motifs is 1. The topological polar surface area (TPSA) is 136 Å². The molecule has 28 heavy (non-hydrogen) atoms. The lowest BCUT2D eigenvalue weighted by Gasteiger charge is -2.32. The normalized spacial score (nSPS) is 41.6. The summed E-state index contributed by atoms with van der Waals surface area (Å²) in [6.45, 7) is -0.183. The van der Waals surface area contributed by atoms with Gasteiger partial charge >= 0.3 is 0 Å². The molecule has 4 aliphatic rings. The molecule has 1 saturated carbocycles. The summed E-state index contributed by atoms with van der Waals surface area (Å²) in [5, 5.41) is 29.7. The molecule has 1 aromatic carbocycles. The molecule has 148 valence electrons. The van der Waals surface area contributed by atoms with Crippen LogP contribution in [0.5, 0.6) is 0 Å². The summed E-state index contributed by atoms with van der Waals surface area (Å²) in [7, 11) is 0. The summed E-state index contributed by atoms with van der Waals surface area (Å²) < 4.78 is 5.64. The summed E-state index contributed by atoms with van der Waals surface area (Å²) in [4.78, 5) is 15.1. The van der Waals surface area contributed by atoms with Gasteiger partial charge in [0.15, 0.2) is 17.7 Å². The number of rotatable bonds is 4. The first-order valence-corrected chi connectivity index (χ1v) is 9.44. The second-order valence-electron chi connectivity index (χ2n) is 7.73. The standard InChI is InChI=1S/C19H23N5O4/c20-19(12-6-11(12)10-4-2-1-3-5-10)16-17(21-8-23-19)24(9-22-16)18-15(27)14(26)13(7-25)28-18/h1-5,8,11-15,18,25-27H,6-7,9,20H2/t11?,12?,13-,14-,15-,18-,19?/m1/s1. The highest BCUT2D eigenvalue weighted by atomic mass is 16.6. The molecule has 9 heteroatoms. The minimum absolute atomic E-state index is 0.112. The predicted molar refractivity (Wildman–Crippen MR) is 102 cm³/mol. The monoisotopic (exact) mass is 385 g/mol. The summed E-state index contributed by atoms with van der Waals surface area (Å²) in [5.41, 5.74) is 7.56. The molecular formula is C19H23N5O4. The van der Waals surface area contributed by atoms with Crippen molar-refractivity contribution in [1.82, 2.24) is 4.90 Å². The second-order valence-corrected chi connectivity index (χ2v) is 7.73. The molecule has 0 spiro atoms. The van der Waals surface area contributed by atoms with Crippen LogP contribution in [0.2, 0.25) is 0 Å². The Morgan fingerprint density at radius 3 is 2.71 bits per heavy atom. The van der Waals surface area contributed by atoms with Crippen molar-refractivity contribution in [3.8, 4) is 0 Å². The van der Waals surface area contributed by atoms with Crippen LogP contribution >= 0.6 is 0 Å². The van der Waals surface area contributed by atoms with Crippen LogP contribution in [0.25, 0.3) is 0 Å². The number of ether oxygens (including phenoxy) is 1. The highest BCUT2D eigenvalue weighted by Gasteiger charge is 2.58. The van der Waals surface area contributed by atoms with E-state index in [1.54, 1.807) is 4.90 Å². The molecule has 2 fully saturated rings. The van der Waals surface area contributed by atoms with E-state index < -0.39 is 30.2 Å². The summed E-state index contributed by atoms with van der Waals surface area (Å²) >= 11 is 0. The molecule has 1 saturated heterocycles. The minimum Gasteiger partial charge on any atom is -0.394 e. The minimum atomic E-state index is -1.18. The van der Waals surface area contributed by atoms with Gasteiger partial charge in [-0.25, -0.2) is 9.98 Å². The van der Waals surface area contributed by atoms with Crippen LogP contribution in [-0.4, -0.2) is 81.6 Å². The van der Waals surface area contributed by atoms with E-state index in [0.717, 1.165) is 6.42 Å². The van der Waals surface area contributed by atoms with Crippen molar-refractivity contribution in [2.75, 3.05) is 13.3 Å². The first kappa shape index (κ1) is 17.9. The molecule has 3 aliphatic heterocycles. The van der Waals surface area contributed by atoms with Gasteiger partial charge in [0.2, 0.25) is 0 Å². The Bertz CT molecular complexity index is 859. The Labute approximate surface area is 161 Å². The lowest BCUT2D eigenvalue weighted by atomic mass is 9.94. The number of hydrogen-bond acceptors (Lipinski definition) is 9. The van der Waals surface area contributed by atoms with Gasteiger partial charge in [-0.3, -0.25) is 4.99 Å². The third kappa shape index (κ3) is 2.55. The molecule has 5 N–H and O–H groups in total.